The first-order chi connectivity index (χ1) is 15.7. The maximum absolute atomic E-state index is 6.08. The van der Waals surface area contributed by atoms with Gasteiger partial charge in [-0.3, -0.25) is 0 Å². The summed E-state index contributed by atoms with van der Waals surface area (Å²) in [5.41, 5.74) is 2.45. The Morgan fingerprint density at radius 1 is 0.531 bits per heavy atom. The molecule has 2 aromatic rings. The molecule has 0 aliphatic heterocycles. The molecule has 0 aliphatic carbocycles. The summed E-state index contributed by atoms with van der Waals surface area (Å²) in [4.78, 5) is 0. The van der Waals surface area contributed by atoms with Crippen LogP contribution in [0.25, 0.3) is 11.1 Å². The summed E-state index contributed by atoms with van der Waals surface area (Å²) in [7, 11) is 0. The molecule has 0 N–H and O–H groups in total. The zero-order chi connectivity index (χ0) is 23.0. The van der Waals surface area contributed by atoms with Crippen LogP contribution in [0.3, 0.4) is 0 Å². The lowest BCUT2D eigenvalue weighted by molar-refractivity contribution is 0.304. The lowest BCUT2D eigenvalue weighted by Crippen LogP contribution is -1.99. The molecule has 0 unspecified atom stereocenters. The van der Waals surface area contributed by atoms with Gasteiger partial charge in [0.2, 0.25) is 0 Å². The molecule has 0 saturated heterocycles. The van der Waals surface area contributed by atoms with Crippen molar-refractivity contribution in [3.63, 3.8) is 0 Å². The molecule has 2 aromatic carbocycles. The van der Waals surface area contributed by atoms with E-state index in [1.807, 2.05) is 0 Å². The predicted molar refractivity (Wildman–Crippen MR) is 155 cm³/mol. The summed E-state index contributed by atoms with van der Waals surface area (Å²) in [6.07, 6.45) is 15.4. The maximum atomic E-state index is 6.08. The van der Waals surface area contributed by atoms with E-state index < -0.39 is 0 Å². The van der Waals surface area contributed by atoms with Crippen LogP contribution in [-0.2, 0) is 0 Å². The highest BCUT2D eigenvalue weighted by Crippen LogP contribution is 2.34. The average Bonchev–Trinajstić information content (AvgIpc) is 2.80. The molecule has 0 amide bonds. The summed E-state index contributed by atoms with van der Waals surface area (Å²) in [5, 5.41) is 0. The van der Waals surface area contributed by atoms with Gasteiger partial charge in [0.05, 0.1) is 13.2 Å². The zero-order valence-corrected chi connectivity index (χ0v) is 24.3. The molecule has 2 nitrogen and oxygen atoms in total. The third kappa shape index (κ3) is 10.6. The summed E-state index contributed by atoms with van der Waals surface area (Å²) < 4.78 is 14.6. The number of halogens is 2. The van der Waals surface area contributed by atoms with Crippen LogP contribution >= 0.6 is 45.2 Å². The van der Waals surface area contributed by atoms with E-state index in [0.29, 0.717) is 0 Å². The van der Waals surface area contributed by atoms with Crippen LogP contribution in [0.2, 0.25) is 0 Å². The van der Waals surface area contributed by atoms with Gasteiger partial charge in [-0.15, -0.1) is 0 Å². The molecule has 0 aliphatic rings. The second-order valence-electron chi connectivity index (χ2n) is 8.52. The SMILES string of the molecule is CCCCCCCCOc1ccc(I)c(-c2cc(OCCCCCCCC)ccc2I)c1. The van der Waals surface area contributed by atoms with Crippen LogP contribution in [-0.4, -0.2) is 13.2 Å². The van der Waals surface area contributed by atoms with Gasteiger partial charge in [0, 0.05) is 7.14 Å². The second kappa shape index (κ2) is 17.0. The van der Waals surface area contributed by atoms with E-state index in [9.17, 15) is 0 Å². The Morgan fingerprint density at radius 2 is 0.906 bits per heavy atom. The Bertz CT molecular complexity index is 711. The number of ether oxygens (including phenoxy) is 2. The van der Waals surface area contributed by atoms with E-state index in [0.717, 1.165) is 37.6 Å². The maximum Gasteiger partial charge on any atom is 0.119 e. The highest BCUT2D eigenvalue weighted by atomic mass is 127. The number of rotatable bonds is 17. The molecule has 0 radical (unpaired) electrons. The Hall–Kier alpha value is -0.500. The fourth-order valence-electron chi connectivity index (χ4n) is 3.75. The first-order valence-corrected chi connectivity index (χ1v) is 14.7. The van der Waals surface area contributed by atoms with Crippen molar-refractivity contribution in [3.8, 4) is 22.6 Å². The van der Waals surface area contributed by atoms with Gasteiger partial charge in [-0.25, -0.2) is 0 Å². The quantitative estimate of drug-likeness (QED) is 0.124. The van der Waals surface area contributed by atoms with E-state index >= 15 is 0 Å². The monoisotopic (exact) mass is 662 g/mol. The number of benzene rings is 2. The smallest absolute Gasteiger partial charge is 0.119 e. The van der Waals surface area contributed by atoms with Gasteiger partial charge in [-0.05, 0) is 106 Å². The number of unbranched alkanes of at least 4 members (excludes halogenated alkanes) is 10. The summed E-state index contributed by atoms with van der Waals surface area (Å²) >= 11 is 4.85. The van der Waals surface area contributed by atoms with Gasteiger partial charge < -0.3 is 9.47 Å². The largest absolute Gasteiger partial charge is 0.494 e. The third-order valence-electron chi connectivity index (χ3n) is 5.70. The number of hydrogen-bond donors (Lipinski definition) is 0. The van der Waals surface area contributed by atoms with E-state index in [4.69, 9.17) is 9.47 Å². The van der Waals surface area contributed by atoms with Gasteiger partial charge in [-0.1, -0.05) is 78.1 Å². The molecule has 178 valence electrons. The predicted octanol–water partition coefficient (Wildman–Crippen LogP) is 10.0. The van der Waals surface area contributed by atoms with Gasteiger partial charge >= 0.3 is 0 Å². The van der Waals surface area contributed by atoms with Crippen LogP contribution in [0.15, 0.2) is 36.4 Å². The Labute approximate surface area is 223 Å². The van der Waals surface area contributed by atoms with E-state index in [1.54, 1.807) is 0 Å². The standard InChI is InChI=1S/C28H40I2O2/c1-3-5-7-9-11-13-19-31-23-15-17-27(29)25(21-23)26-22-24(16-18-28(26)30)32-20-14-12-10-8-6-4-2/h15-18,21-22H,3-14,19-20H2,1-2H3. The van der Waals surface area contributed by atoms with Crippen molar-refractivity contribution in [1.82, 2.24) is 0 Å². The minimum Gasteiger partial charge on any atom is -0.494 e. The van der Waals surface area contributed by atoms with Crippen LogP contribution < -0.4 is 9.47 Å². The van der Waals surface area contributed by atoms with Gasteiger partial charge in [-0.2, -0.15) is 0 Å². The fraction of sp³-hybridized carbons (Fsp3) is 0.571. The molecular weight excluding hydrogens is 622 g/mol. The molecule has 4 heteroatoms. The van der Waals surface area contributed by atoms with Crippen molar-refractivity contribution < 1.29 is 9.47 Å². The molecule has 0 fully saturated rings. The highest BCUT2D eigenvalue weighted by Gasteiger charge is 2.11. The second-order valence-corrected chi connectivity index (χ2v) is 10.8. The van der Waals surface area contributed by atoms with Crippen LogP contribution in [0.5, 0.6) is 11.5 Å². The molecule has 0 aromatic heterocycles. The Balaban J connectivity index is 1.90. The Kier molecular flexibility index (Phi) is 14.7. The summed E-state index contributed by atoms with van der Waals surface area (Å²) in [5.74, 6) is 1.92. The van der Waals surface area contributed by atoms with Crippen LogP contribution in [0, 0.1) is 7.14 Å². The van der Waals surface area contributed by atoms with Crippen molar-refractivity contribution >= 4 is 45.2 Å². The normalized spacial score (nSPS) is 11.0. The molecule has 0 spiro atoms. The molecule has 2 rings (SSSR count). The molecule has 0 bridgehead atoms. The minimum absolute atomic E-state index is 0.796. The van der Waals surface area contributed by atoms with Crippen molar-refractivity contribution in [2.24, 2.45) is 0 Å². The van der Waals surface area contributed by atoms with Crippen molar-refractivity contribution in [2.45, 2.75) is 90.9 Å². The summed E-state index contributed by atoms with van der Waals surface area (Å²) in [6, 6.07) is 12.9. The van der Waals surface area contributed by atoms with E-state index in [1.165, 1.54) is 82.5 Å². The van der Waals surface area contributed by atoms with Gasteiger partial charge in [0.25, 0.3) is 0 Å². The van der Waals surface area contributed by atoms with Gasteiger partial charge in [0.1, 0.15) is 11.5 Å². The van der Waals surface area contributed by atoms with E-state index in [-0.39, 0.29) is 0 Å². The first kappa shape index (κ1) is 27.7. The average molecular weight is 662 g/mol. The number of hydrogen-bond acceptors (Lipinski definition) is 2. The molecule has 0 atom stereocenters. The lowest BCUT2D eigenvalue weighted by Gasteiger charge is -2.13. The third-order valence-corrected chi connectivity index (χ3v) is 7.58. The van der Waals surface area contributed by atoms with Crippen molar-refractivity contribution in [1.29, 1.82) is 0 Å². The van der Waals surface area contributed by atoms with Crippen molar-refractivity contribution in [3.05, 3.63) is 43.5 Å². The summed E-state index contributed by atoms with van der Waals surface area (Å²) in [6.45, 7) is 6.11. The van der Waals surface area contributed by atoms with Crippen molar-refractivity contribution in [2.75, 3.05) is 13.2 Å². The zero-order valence-electron chi connectivity index (χ0n) is 19.9. The first-order valence-electron chi connectivity index (χ1n) is 12.5. The minimum atomic E-state index is 0.796. The fourth-order valence-corrected chi connectivity index (χ4v) is 5.00. The van der Waals surface area contributed by atoms with Gasteiger partial charge in [0.15, 0.2) is 0 Å². The topological polar surface area (TPSA) is 18.5 Å². The Morgan fingerprint density at radius 3 is 1.31 bits per heavy atom. The van der Waals surface area contributed by atoms with E-state index in [2.05, 4.69) is 95.4 Å². The lowest BCUT2D eigenvalue weighted by atomic mass is 10.1. The molecule has 0 saturated carbocycles. The molecular formula is C28H40I2O2. The molecule has 32 heavy (non-hydrogen) atoms. The van der Waals surface area contributed by atoms with Crippen LogP contribution in [0.1, 0.15) is 90.9 Å². The molecule has 0 heterocycles. The highest BCUT2D eigenvalue weighted by molar-refractivity contribution is 14.1. The van der Waals surface area contributed by atoms with Crippen LogP contribution in [0.4, 0.5) is 0 Å².